The number of amides is 2. The predicted octanol–water partition coefficient (Wildman–Crippen LogP) is 3.81. The molecule has 0 spiro atoms. The highest BCUT2D eigenvalue weighted by atomic mass is 19.4. The number of nitrogens with one attached hydrogen (secondary N) is 2. The number of alkyl halides is 3. The van der Waals surface area contributed by atoms with Gasteiger partial charge in [0, 0.05) is 6.54 Å². The number of likely N-dealkylation sites (N-methyl/N-ethyl adjacent to an activating group) is 1. The first kappa shape index (κ1) is 23.3. The van der Waals surface area contributed by atoms with Crippen LogP contribution in [0.4, 0.5) is 23.2 Å². The first-order chi connectivity index (χ1) is 14.1. The van der Waals surface area contributed by atoms with Crippen LogP contribution in [0.3, 0.4) is 0 Å². The quantitative estimate of drug-likeness (QED) is 0.633. The van der Waals surface area contributed by atoms with E-state index in [0.29, 0.717) is 12.1 Å². The van der Waals surface area contributed by atoms with Gasteiger partial charge < -0.3 is 10.6 Å². The lowest BCUT2D eigenvalue weighted by Crippen LogP contribution is -2.46. The third kappa shape index (κ3) is 6.55. The maximum Gasteiger partial charge on any atom is 0.418 e. The second-order valence-electron chi connectivity index (χ2n) is 6.67. The Labute approximate surface area is 172 Å². The molecule has 0 aromatic heterocycles. The molecule has 5 nitrogen and oxygen atoms in total. The molecule has 2 amide bonds. The lowest BCUT2D eigenvalue weighted by molar-refractivity contribution is -0.137. The Bertz CT molecular complexity index is 869. The molecule has 0 aliphatic heterocycles. The lowest BCUT2D eigenvalue weighted by Gasteiger charge is -2.26. The summed E-state index contributed by atoms with van der Waals surface area (Å²) in [7, 11) is 0. The van der Waals surface area contributed by atoms with E-state index in [1.54, 1.807) is 19.1 Å². The van der Waals surface area contributed by atoms with Crippen molar-refractivity contribution in [3.05, 3.63) is 65.5 Å². The van der Waals surface area contributed by atoms with Crippen molar-refractivity contribution in [2.45, 2.75) is 32.6 Å². The number of rotatable bonds is 8. The Morgan fingerprint density at radius 2 is 1.70 bits per heavy atom. The van der Waals surface area contributed by atoms with Gasteiger partial charge in [-0.05, 0) is 43.3 Å². The van der Waals surface area contributed by atoms with Crippen molar-refractivity contribution >= 4 is 17.5 Å². The van der Waals surface area contributed by atoms with Crippen molar-refractivity contribution in [2.75, 3.05) is 18.4 Å². The zero-order chi connectivity index (χ0) is 22.3. The van der Waals surface area contributed by atoms with Crippen LogP contribution < -0.4 is 10.6 Å². The minimum absolute atomic E-state index is 0.118. The molecule has 30 heavy (non-hydrogen) atoms. The SMILES string of the molecule is CCN(CC(=O)NCc1ccc(F)cc1)C(C)C(=O)Nc1ccccc1C(F)(F)F. The molecule has 2 aromatic carbocycles. The normalized spacial score (nSPS) is 12.5. The molecule has 9 heteroatoms. The van der Waals surface area contributed by atoms with E-state index >= 15 is 0 Å². The minimum Gasteiger partial charge on any atom is -0.351 e. The number of anilines is 1. The van der Waals surface area contributed by atoms with Crippen LogP contribution in [0.5, 0.6) is 0 Å². The fraction of sp³-hybridized carbons (Fsp3) is 0.333. The van der Waals surface area contributed by atoms with Gasteiger partial charge in [-0.15, -0.1) is 0 Å². The summed E-state index contributed by atoms with van der Waals surface area (Å²) in [5.74, 6) is -1.40. The van der Waals surface area contributed by atoms with Crippen LogP contribution in [0.1, 0.15) is 25.0 Å². The molecule has 0 bridgehead atoms. The van der Waals surface area contributed by atoms with Crippen molar-refractivity contribution in [3.8, 4) is 0 Å². The van der Waals surface area contributed by atoms with E-state index in [1.807, 2.05) is 0 Å². The molecule has 2 rings (SSSR count). The Morgan fingerprint density at radius 1 is 1.07 bits per heavy atom. The number of para-hydroxylation sites is 1. The van der Waals surface area contributed by atoms with Crippen LogP contribution in [-0.2, 0) is 22.3 Å². The molecule has 0 aliphatic carbocycles. The van der Waals surface area contributed by atoms with Crippen LogP contribution in [0.15, 0.2) is 48.5 Å². The summed E-state index contributed by atoms with van der Waals surface area (Å²) in [6.45, 7) is 3.66. The van der Waals surface area contributed by atoms with E-state index in [2.05, 4.69) is 10.6 Å². The van der Waals surface area contributed by atoms with Crippen LogP contribution in [0, 0.1) is 5.82 Å². The summed E-state index contributed by atoms with van der Waals surface area (Å²) < 4.78 is 52.2. The van der Waals surface area contributed by atoms with Gasteiger partial charge in [-0.25, -0.2) is 4.39 Å². The highest BCUT2D eigenvalue weighted by Gasteiger charge is 2.34. The summed E-state index contributed by atoms with van der Waals surface area (Å²) in [5.41, 5.74) is -0.563. The van der Waals surface area contributed by atoms with Crippen molar-refractivity contribution in [2.24, 2.45) is 0 Å². The molecule has 162 valence electrons. The molecule has 0 aliphatic rings. The summed E-state index contributed by atoms with van der Waals surface area (Å²) in [6.07, 6.45) is -4.60. The summed E-state index contributed by atoms with van der Waals surface area (Å²) in [5, 5.41) is 4.97. The van der Waals surface area contributed by atoms with E-state index in [1.165, 1.54) is 42.2 Å². The number of carbonyl (C=O) groups excluding carboxylic acids is 2. The van der Waals surface area contributed by atoms with Gasteiger partial charge in [0.05, 0.1) is 23.8 Å². The zero-order valence-electron chi connectivity index (χ0n) is 16.6. The number of benzene rings is 2. The van der Waals surface area contributed by atoms with E-state index < -0.39 is 23.7 Å². The number of hydrogen-bond acceptors (Lipinski definition) is 3. The Balaban J connectivity index is 1.96. The van der Waals surface area contributed by atoms with Crippen molar-refractivity contribution in [3.63, 3.8) is 0 Å². The van der Waals surface area contributed by atoms with E-state index in [4.69, 9.17) is 0 Å². The molecule has 1 unspecified atom stereocenters. The first-order valence-electron chi connectivity index (χ1n) is 9.34. The monoisotopic (exact) mass is 425 g/mol. The number of hydrogen-bond donors (Lipinski definition) is 2. The smallest absolute Gasteiger partial charge is 0.351 e. The van der Waals surface area contributed by atoms with E-state index in [0.717, 1.165) is 6.07 Å². The van der Waals surface area contributed by atoms with Gasteiger partial charge >= 0.3 is 6.18 Å². The largest absolute Gasteiger partial charge is 0.418 e. The Kier molecular flexibility index (Phi) is 7.93. The zero-order valence-corrected chi connectivity index (χ0v) is 16.6. The van der Waals surface area contributed by atoms with Crippen LogP contribution in [0.2, 0.25) is 0 Å². The molecule has 2 aromatic rings. The van der Waals surface area contributed by atoms with Crippen LogP contribution in [-0.4, -0.2) is 35.8 Å². The van der Waals surface area contributed by atoms with Gasteiger partial charge in [0.15, 0.2) is 0 Å². The second-order valence-corrected chi connectivity index (χ2v) is 6.67. The first-order valence-corrected chi connectivity index (χ1v) is 9.34. The molecule has 0 radical (unpaired) electrons. The molecule has 2 N–H and O–H groups in total. The molecule has 0 saturated carbocycles. The predicted molar refractivity (Wildman–Crippen MR) is 105 cm³/mol. The molecular formula is C21H23F4N3O2. The topological polar surface area (TPSA) is 61.4 Å². The minimum atomic E-state index is -4.60. The van der Waals surface area contributed by atoms with E-state index in [-0.39, 0.29) is 30.5 Å². The number of nitrogens with zero attached hydrogens (tertiary/aromatic N) is 1. The fourth-order valence-electron chi connectivity index (χ4n) is 2.81. The van der Waals surface area contributed by atoms with Crippen molar-refractivity contribution in [1.29, 1.82) is 0 Å². The molecule has 0 fully saturated rings. The van der Waals surface area contributed by atoms with E-state index in [9.17, 15) is 27.2 Å². The number of halogens is 4. The standard InChI is InChI=1S/C21H23F4N3O2/c1-3-28(13-19(29)26-12-15-8-10-16(22)11-9-15)14(2)20(30)27-18-7-5-4-6-17(18)21(23,24)25/h4-11,14H,3,12-13H2,1-2H3,(H,26,29)(H,27,30). The number of carbonyl (C=O) groups is 2. The van der Waals surface area contributed by atoms with Gasteiger partial charge in [-0.3, -0.25) is 14.5 Å². The highest BCUT2D eigenvalue weighted by Crippen LogP contribution is 2.34. The summed E-state index contributed by atoms with van der Waals surface area (Å²) >= 11 is 0. The van der Waals surface area contributed by atoms with Gasteiger partial charge in [0.25, 0.3) is 0 Å². The maximum absolute atomic E-state index is 13.1. The van der Waals surface area contributed by atoms with Gasteiger partial charge in [0.1, 0.15) is 5.82 Å². The molecule has 1 atom stereocenters. The fourth-order valence-corrected chi connectivity index (χ4v) is 2.81. The second kappa shape index (κ2) is 10.2. The molecule has 0 heterocycles. The van der Waals surface area contributed by atoms with Crippen LogP contribution >= 0.6 is 0 Å². The average Bonchev–Trinajstić information content (AvgIpc) is 2.70. The average molecular weight is 425 g/mol. The van der Waals surface area contributed by atoms with Crippen LogP contribution in [0.25, 0.3) is 0 Å². The molecular weight excluding hydrogens is 402 g/mol. The molecule has 0 saturated heterocycles. The lowest BCUT2D eigenvalue weighted by atomic mass is 10.1. The Hall–Kier alpha value is -2.94. The third-order valence-corrected chi connectivity index (χ3v) is 4.57. The third-order valence-electron chi connectivity index (χ3n) is 4.57. The summed E-state index contributed by atoms with van der Waals surface area (Å²) in [6, 6.07) is 9.52. The summed E-state index contributed by atoms with van der Waals surface area (Å²) in [4.78, 5) is 26.2. The van der Waals surface area contributed by atoms with Gasteiger partial charge in [-0.2, -0.15) is 13.2 Å². The van der Waals surface area contributed by atoms with Gasteiger partial charge in [-0.1, -0.05) is 31.2 Å². The van der Waals surface area contributed by atoms with Crippen molar-refractivity contribution < 1.29 is 27.2 Å². The highest BCUT2D eigenvalue weighted by molar-refractivity contribution is 5.95. The maximum atomic E-state index is 13.1. The Morgan fingerprint density at radius 3 is 2.30 bits per heavy atom. The van der Waals surface area contributed by atoms with Crippen molar-refractivity contribution in [1.82, 2.24) is 10.2 Å². The van der Waals surface area contributed by atoms with Gasteiger partial charge in [0.2, 0.25) is 11.8 Å².